The SMILES string of the molecule is COC(=O)N1C[C@@H](OC)C=C[C@@H]1CC(O)c1oc(C(=O)OC(C)(C)C)cc1Br. The molecule has 0 aromatic carbocycles. The van der Waals surface area contributed by atoms with Crippen LogP contribution in [0.3, 0.4) is 0 Å². The Morgan fingerprint density at radius 3 is 2.61 bits per heavy atom. The highest BCUT2D eigenvalue weighted by molar-refractivity contribution is 9.10. The summed E-state index contributed by atoms with van der Waals surface area (Å²) in [6.45, 7) is 5.56. The van der Waals surface area contributed by atoms with E-state index in [1.165, 1.54) is 18.1 Å². The van der Waals surface area contributed by atoms with Crippen molar-refractivity contribution in [3.8, 4) is 0 Å². The zero-order chi connectivity index (χ0) is 21.1. The average Bonchev–Trinajstić information content (AvgIpc) is 3.02. The van der Waals surface area contributed by atoms with Gasteiger partial charge in [-0.25, -0.2) is 9.59 Å². The minimum atomic E-state index is -1.06. The molecule has 8 nitrogen and oxygen atoms in total. The lowest BCUT2D eigenvalue weighted by atomic mass is 10.0. The van der Waals surface area contributed by atoms with E-state index < -0.39 is 29.8 Å². The first-order valence-electron chi connectivity index (χ1n) is 8.82. The lowest BCUT2D eigenvalue weighted by Gasteiger charge is -2.35. The summed E-state index contributed by atoms with van der Waals surface area (Å²) in [7, 11) is 2.85. The molecule has 0 radical (unpaired) electrons. The number of furan rings is 1. The number of esters is 1. The molecule has 28 heavy (non-hydrogen) atoms. The number of halogens is 1. The number of carbonyl (C=O) groups is 2. The third-order valence-corrected chi connectivity index (χ3v) is 4.74. The van der Waals surface area contributed by atoms with E-state index in [-0.39, 0.29) is 24.0 Å². The number of aliphatic hydroxyl groups excluding tert-OH is 1. The van der Waals surface area contributed by atoms with Gasteiger partial charge in [-0.05, 0) is 36.7 Å². The predicted molar refractivity (Wildman–Crippen MR) is 104 cm³/mol. The van der Waals surface area contributed by atoms with Gasteiger partial charge in [0.15, 0.2) is 0 Å². The summed E-state index contributed by atoms with van der Waals surface area (Å²) in [5.41, 5.74) is -0.666. The van der Waals surface area contributed by atoms with Crippen LogP contribution in [0.15, 0.2) is 27.1 Å². The maximum Gasteiger partial charge on any atom is 0.410 e. The van der Waals surface area contributed by atoms with E-state index in [0.29, 0.717) is 11.0 Å². The number of carbonyl (C=O) groups excluding carboxylic acids is 2. The van der Waals surface area contributed by atoms with Crippen molar-refractivity contribution >= 4 is 28.0 Å². The second-order valence-electron chi connectivity index (χ2n) is 7.43. The van der Waals surface area contributed by atoms with Gasteiger partial charge >= 0.3 is 12.1 Å². The van der Waals surface area contributed by atoms with Crippen LogP contribution in [0.1, 0.15) is 49.6 Å². The highest BCUT2D eigenvalue weighted by Crippen LogP contribution is 2.32. The van der Waals surface area contributed by atoms with Gasteiger partial charge in [0, 0.05) is 19.6 Å². The molecule has 3 atom stereocenters. The molecule has 0 fully saturated rings. The van der Waals surface area contributed by atoms with Gasteiger partial charge in [0.1, 0.15) is 17.5 Å². The van der Waals surface area contributed by atoms with E-state index in [4.69, 9.17) is 18.6 Å². The second-order valence-corrected chi connectivity index (χ2v) is 8.28. The molecule has 1 aromatic heterocycles. The first kappa shape index (κ1) is 22.4. The van der Waals surface area contributed by atoms with Crippen molar-refractivity contribution < 1.29 is 33.3 Å². The van der Waals surface area contributed by atoms with Crippen LogP contribution >= 0.6 is 15.9 Å². The molecule has 0 aliphatic carbocycles. The van der Waals surface area contributed by atoms with Crippen LogP contribution in [-0.2, 0) is 14.2 Å². The Morgan fingerprint density at radius 2 is 2.04 bits per heavy atom. The summed E-state index contributed by atoms with van der Waals surface area (Å²) in [6, 6.07) is 1.04. The minimum absolute atomic E-state index is 0.0145. The number of aliphatic hydroxyl groups is 1. The Labute approximate surface area is 172 Å². The highest BCUT2D eigenvalue weighted by Gasteiger charge is 2.32. The zero-order valence-corrected chi connectivity index (χ0v) is 18.2. The van der Waals surface area contributed by atoms with E-state index in [0.717, 1.165) is 0 Å². The van der Waals surface area contributed by atoms with E-state index >= 15 is 0 Å². The van der Waals surface area contributed by atoms with Crippen LogP contribution < -0.4 is 0 Å². The Hall–Kier alpha value is -1.84. The number of ether oxygens (including phenoxy) is 3. The molecule has 1 N–H and O–H groups in total. The van der Waals surface area contributed by atoms with Gasteiger partial charge in [0.2, 0.25) is 5.76 Å². The molecule has 0 saturated heterocycles. The van der Waals surface area contributed by atoms with Gasteiger partial charge in [-0.15, -0.1) is 0 Å². The molecule has 1 aliphatic rings. The number of hydrogen-bond donors (Lipinski definition) is 1. The summed E-state index contributed by atoms with van der Waals surface area (Å²) in [5.74, 6) is -0.449. The average molecular weight is 460 g/mol. The lowest BCUT2D eigenvalue weighted by molar-refractivity contribution is 0.00285. The fourth-order valence-corrected chi connectivity index (χ4v) is 3.36. The fourth-order valence-electron chi connectivity index (χ4n) is 2.81. The highest BCUT2D eigenvalue weighted by atomic mass is 79.9. The van der Waals surface area contributed by atoms with Crippen LogP contribution in [0.2, 0.25) is 0 Å². The molecule has 0 saturated carbocycles. The number of nitrogens with zero attached hydrogens (tertiary/aromatic N) is 1. The fraction of sp³-hybridized carbons (Fsp3) is 0.579. The monoisotopic (exact) mass is 459 g/mol. The van der Waals surface area contributed by atoms with Gasteiger partial charge in [0.25, 0.3) is 0 Å². The van der Waals surface area contributed by atoms with Crippen molar-refractivity contribution in [2.24, 2.45) is 0 Å². The van der Waals surface area contributed by atoms with Crippen LogP contribution in [0.25, 0.3) is 0 Å². The maximum atomic E-state index is 12.2. The summed E-state index contributed by atoms with van der Waals surface area (Å²) < 4.78 is 21.4. The molecule has 9 heteroatoms. The van der Waals surface area contributed by atoms with E-state index in [1.807, 2.05) is 6.08 Å². The van der Waals surface area contributed by atoms with Crippen LogP contribution in [0.5, 0.6) is 0 Å². The zero-order valence-electron chi connectivity index (χ0n) is 16.6. The number of hydrogen-bond acceptors (Lipinski definition) is 7. The number of rotatable bonds is 5. The van der Waals surface area contributed by atoms with Crippen LogP contribution in [-0.4, -0.2) is 60.6 Å². The molecule has 156 valence electrons. The smallest absolute Gasteiger partial charge is 0.410 e. The molecule has 1 amide bonds. The van der Waals surface area contributed by atoms with Crippen LogP contribution in [0, 0.1) is 0 Å². The van der Waals surface area contributed by atoms with E-state index in [9.17, 15) is 14.7 Å². The Bertz CT molecular complexity index is 737. The van der Waals surface area contributed by atoms with Crippen LogP contribution in [0.4, 0.5) is 4.79 Å². The molecule has 1 aromatic rings. The largest absolute Gasteiger partial charge is 0.454 e. The summed E-state index contributed by atoms with van der Waals surface area (Å²) in [6.07, 6.45) is 1.94. The number of amides is 1. The van der Waals surface area contributed by atoms with Gasteiger partial charge < -0.3 is 23.7 Å². The van der Waals surface area contributed by atoms with Crippen molar-refractivity contribution in [1.29, 1.82) is 0 Å². The minimum Gasteiger partial charge on any atom is -0.454 e. The first-order chi connectivity index (χ1) is 13.1. The van der Waals surface area contributed by atoms with Crippen molar-refractivity contribution in [3.05, 3.63) is 34.2 Å². The predicted octanol–water partition coefficient (Wildman–Crippen LogP) is 3.44. The standard InChI is InChI=1S/C19H26BrNO7/c1-19(2,3)28-17(23)15-9-13(20)16(27-15)14(22)8-11-6-7-12(25-4)10-21(11)18(24)26-5/h6-7,9,11-12,14,22H,8,10H2,1-5H3/t11-,12+,14?/m1/s1. The Kier molecular flexibility index (Phi) is 7.30. The molecule has 2 rings (SSSR count). The summed E-state index contributed by atoms with van der Waals surface area (Å²) in [5, 5.41) is 10.7. The Morgan fingerprint density at radius 1 is 1.36 bits per heavy atom. The topological polar surface area (TPSA) is 98.4 Å². The lowest BCUT2D eigenvalue weighted by Crippen LogP contribution is -2.47. The molecule has 1 unspecified atom stereocenters. The van der Waals surface area contributed by atoms with Gasteiger partial charge in [-0.2, -0.15) is 0 Å². The second kappa shape index (κ2) is 9.11. The van der Waals surface area contributed by atoms with Crippen molar-refractivity contribution in [2.45, 2.75) is 51.0 Å². The molecule has 0 bridgehead atoms. The molecular formula is C19H26BrNO7. The van der Waals surface area contributed by atoms with Gasteiger partial charge in [0.05, 0.1) is 30.3 Å². The third kappa shape index (κ3) is 5.59. The molecule has 2 heterocycles. The molecule has 1 aliphatic heterocycles. The quantitative estimate of drug-likeness (QED) is 0.531. The summed E-state index contributed by atoms with van der Waals surface area (Å²) in [4.78, 5) is 25.7. The summed E-state index contributed by atoms with van der Waals surface area (Å²) >= 11 is 3.30. The van der Waals surface area contributed by atoms with Gasteiger partial charge in [-0.3, -0.25) is 4.90 Å². The third-order valence-electron chi connectivity index (χ3n) is 4.12. The van der Waals surface area contributed by atoms with E-state index in [2.05, 4.69) is 15.9 Å². The van der Waals surface area contributed by atoms with Crippen molar-refractivity contribution in [3.63, 3.8) is 0 Å². The Balaban J connectivity index is 2.16. The maximum absolute atomic E-state index is 12.2. The van der Waals surface area contributed by atoms with Crippen molar-refractivity contribution in [1.82, 2.24) is 4.90 Å². The van der Waals surface area contributed by atoms with E-state index in [1.54, 1.807) is 34.0 Å². The number of methoxy groups -OCH3 is 2. The normalized spacial score (nSPS) is 20.8. The van der Waals surface area contributed by atoms with Crippen molar-refractivity contribution in [2.75, 3.05) is 20.8 Å². The first-order valence-corrected chi connectivity index (χ1v) is 9.61. The molecular weight excluding hydrogens is 434 g/mol. The van der Waals surface area contributed by atoms with Gasteiger partial charge in [-0.1, -0.05) is 12.2 Å². The molecule has 0 spiro atoms.